The Morgan fingerprint density at radius 2 is 1.89 bits per heavy atom. The predicted octanol–water partition coefficient (Wildman–Crippen LogP) is 2.73. The molecule has 1 aliphatic carbocycles. The summed E-state index contributed by atoms with van der Waals surface area (Å²) in [7, 11) is 0. The van der Waals surface area contributed by atoms with Crippen LogP contribution in [0.1, 0.15) is 52.4 Å². The summed E-state index contributed by atoms with van der Waals surface area (Å²) in [6, 6.07) is 0. The number of amides is 1. The zero-order valence-electron chi connectivity index (χ0n) is 11.8. The number of halogens is 1. The zero-order valence-corrected chi connectivity index (χ0v) is 12.6. The van der Waals surface area contributed by atoms with Gasteiger partial charge in [-0.2, -0.15) is 0 Å². The van der Waals surface area contributed by atoms with Gasteiger partial charge in [0, 0.05) is 12.5 Å². The number of hydrogen-bond donors (Lipinski definition) is 2. The summed E-state index contributed by atoms with van der Waals surface area (Å²) in [5.74, 6) is 1.51. The lowest BCUT2D eigenvalue weighted by molar-refractivity contribution is -0.125. The molecule has 3 nitrogen and oxygen atoms in total. The van der Waals surface area contributed by atoms with Crippen LogP contribution in [0.2, 0.25) is 0 Å². The Bertz CT molecular complexity index is 230. The SMILES string of the molecule is CC(CN)CNC(=O)C(C)CC1CCCCC1.Cl. The summed E-state index contributed by atoms with van der Waals surface area (Å²) in [6.45, 7) is 5.46. The number of nitrogens with one attached hydrogen (secondary N) is 1. The van der Waals surface area contributed by atoms with Gasteiger partial charge in [-0.15, -0.1) is 12.4 Å². The molecule has 0 spiro atoms. The maximum absolute atomic E-state index is 11.9. The van der Waals surface area contributed by atoms with E-state index in [1.807, 2.05) is 0 Å². The molecule has 0 saturated heterocycles. The number of nitrogens with two attached hydrogens (primary N) is 1. The molecule has 0 radical (unpaired) electrons. The maximum atomic E-state index is 11.9. The summed E-state index contributed by atoms with van der Waals surface area (Å²) in [4.78, 5) is 11.9. The molecule has 0 aromatic carbocycles. The number of carbonyl (C=O) groups excluding carboxylic acids is 1. The molecule has 2 atom stereocenters. The molecule has 1 fully saturated rings. The summed E-state index contributed by atoms with van der Waals surface area (Å²) in [5, 5.41) is 3.00. The van der Waals surface area contributed by atoms with Crippen molar-refractivity contribution in [1.29, 1.82) is 0 Å². The van der Waals surface area contributed by atoms with Crippen LogP contribution < -0.4 is 11.1 Å². The third-order valence-electron chi connectivity index (χ3n) is 3.89. The van der Waals surface area contributed by atoms with Crippen molar-refractivity contribution in [2.45, 2.75) is 52.4 Å². The number of rotatable bonds is 6. The summed E-state index contributed by atoms with van der Waals surface area (Å²) >= 11 is 0. The Hall–Kier alpha value is -0.280. The van der Waals surface area contributed by atoms with Crippen molar-refractivity contribution in [2.24, 2.45) is 23.5 Å². The first-order valence-corrected chi connectivity index (χ1v) is 7.11. The summed E-state index contributed by atoms with van der Waals surface area (Å²) in [6.07, 6.45) is 7.77. The van der Waals surface area contributed by atoms with Gasteiger partial charge in [-0.1, -0.05) is 46.0 Å². The van der Waals surface area contributed by atoms with Gasteiger partial charge in [0.25, 0.3) is 0 Å². The lowest BCUT2D eigenvalue weighted by Crippen LogP contribution is -2.35. The number of hydrogen-bond acceptors (Lipinski definition) is 2. The highest BCUT2D eigenvalue weighted by atomic mass is 35.5. The monoisotopic (exact) mass is 276 g/mol. The lowest BCUT2D eigenvalue weighted by Gasteiger charge is -2.24. The van der Waals surface area contributed by atoms with Crippen molar-refractivity contribution in [2.75, 3.05) is 13.1 Å². The average molecular weight is 277 g/mol. The minimum atomic E-state index is 0. The lowest BCUT2D eigenvalue weighted by atomic mass is 9.83. The van der Waals surface area contributed by atoms with E-state index in [0.29, 0.717) is 19.0 Å². The fourth-order valence-corrected chi connectivity index (χ4v) is 2.56. The molecule has 1 rings (SSSR count). The molecule has 2 unspecified atom stereocenters. The minimum absolute atomic E-state index is 0. The van der Waals surface area contributed by atoms with Gasteiger partial charge in [-0.05, 0) is 24.8 Å². The number of carbonyl (C=O) groups is 1. The Morgan fingerprint density at radius 1 is 1.28 bits per heavy atom. The van der Waals surface area contributed by atoms with Crippen molar-refractivity contribution in [1.82, 2.24) is 5.32 Å². The fraction of sp³-hybridized carbons (Fsp3) is 0.929. The highest BCUT2D eigenvalue weighted by molar-refractivity contribution is 5.85. The normalized spacial score (nSPS) is 19.7. The molecule has 0 heterocycles. The van der Waals surface area contributed by atoms with Crippen LogP contribution in [0.4, 0.5) is 0 Å². The molecule has 0 aromatic rings. The quantitative estimate of drug-likeness (QED) is 0.784. The fourth-order valence-electron chi connectivity index (χ4n) is 2.56. The molecule has 18 heavy (non-hydrogen) atoms. The van der Waals surface area contributed by atoms with Gasteiger partial charge in [0.1, 0.15) is 0 Å². The zero-order chi connectivity index (χ0) is 12.7. The Kier molecular flexibility index (Phi) is 9.47. The van der Waals surface area contributed by atoms with Gasteiger partial charge in [0.05, 0.1) is 0 Å². The molecule has 3 N–H and O–H groups in total. The van der Waals surface area contributed by atoms with E-state index in [2.05, 4.69) is 19.2 Å². The Balaban J connectivity index is 0.00000289. The van der Waals surface area contributed by atoms with Crippen molar-refractivity contribution >= 4 is 18.3 Å². The summed E-state index contributed by atoms with van der Waals surface area (Å²) < 4.78 is 0. The van der Waals surface area contributed by atoms with Crippen molar-refractivity contribution < 1.29 is 4.79 Å². The molecule has 0 aromatic heterocycles. The van der Waals surface area contributed by atoms with Crippen molar-refractivity contribution in [3.05, 3.63) is 0 Å². The molecular weight excluding hydrogens is 248 g/mol. The van der Waals surface area contributed by atoms with Gasteiger partial charge >= 0.3 is 0 Å². The smallest absolute Gasteiger partial charge is 0.222 e. The highest BCUT2D eigenvalue weighted by Crippen LogP contribution is 2.28. The second kappa shape index (κ2) is 9.62. The molecule has 4 heteroatoms. The van der Waals surface area contributed by atoms with E-state index in [-0.39, 0.29) is 24.2 Å². The van der Waals surface area contributed by atoms with Crippen LogP contribution >= 0.6 is 12.4 Å². The summed E-state index contributed by atoms with van der Waals surface area (Å²) in [5.41, 5.74) is 5.53. The topological polar surface area (TPSA) is 55.1 Å². The van der Waals surface area contributed by atoms with Gasteiger partial charge in [-0.3, -0.25) is 4.79 Å². The first-order chi connectivity index (χ1) is 8.13. The van der Waals surface area contributed by atoms with Gasteiger partial charge in [0.15, 0.2) is 0 Å². The van der Waals surface area contributed by atoms with Crippen LogP contribution in [-0.4, -0.2) is 19.0 Å². The van der Waals surface area contributed by atoms with Gasteiger partial charge in [0.2, 0.25) is 5.91 Å². The van der Waals surface area contributed by atoms with Crippen LogP contribution in [-0.2, 0) is 4.79 Å². The second-order valence-corrected chi connectivity index (χ2v) is 5.73. The molecular formula is C14H29ClN2O. The Morgan fingerprint density at radius 3 is 2.44 bits per heavy atom. The van der Waals surface area contributed by atoms with E-state index < -0.39 is 0 Å². The third-order valence-corrected chi connectivity index (χ3v) is 3.89. The van der Waals surface area contributed by atoms with Gasteiger partial charge in [-0.25, -0.2) is 0 Å². The van der Waals surface area contributed by atoms with E-state index in [4.69, 9.17) is 5.73 Å². The van der Waals surface area contributed by atoms with Crippen LogP contribution in [0.3, 0.4) is 0 Å². The van der Waals surface area contributed by atoms with Crippen LogP contribution in [0.25, 0.3) is 0 Å². The first kappa shape index (κ1) is 17.7. The van der Waals surface area contributed by atoms with Crippen molar-refractivity contribution in [3.8, 4) is 0 Å². The second-order valence-electron chi connectivity index (χ2n) is 5.73. The van der Waals surface area contributed by atoms with Crippen LogP contribution in [0.15, 0.2) is 0 Å². The average Bonchev–Trinajstić information content (AvgIpc) is 2.36. The van der Waals surface area contributed by atoms with E-state index >= 15 is 0 Å². The molecule has 108 valence electrons. The van der Waals surface area contributed by atoms with E-state index in [0.717, 1.165) is 12.3 Å². The largest absolute Gasteiger partial charge is 0.356 e. The predicted molar refractivity (Wildman–Crippen MR) is 78.8 cm³/mol. The molecule has 1 aliphatic rings. The van der Waals surface area contributed by atoms with E-state index in [1.165, 1.54) is 32.1 Å². The molecule has 1 amide bonds. The molecule has 0 bridgehead atoms. The highest BCUT2D eigenvalue weighted by Gasteiger charge is 2.20. The van der Waals surface area contributed by atoms with E-state index in [9.17, 15) is 4.79 Å². The standard InChI is InChI=1S/C14H28N2O.ClH/c1-11(9-15)10-16-14(17)12(2)8-13-6-4-3-5-7-13;/h11-13H,3-10,15H2,1-2H3,(H,16,17);1H. The first-order valence-electron chi connectivity index (χ1n) is 7.11. The van der Waals surface area contributed by atoms with Crippen molar-refractivity contribution in [3.63, 3.8) is 0 Å². The van der Waals surface area contributed by atoms with Crippen LogP contribution in [0, 0.1) is 17.8 Å². The molecule has 0 aliphatic heterocycles. The van der Waals surface area contributed by atoms with Gasteiger partial charge < -0.3 is 11.1 Å². The third kappa shape index (κ3) is 6.60. The van der Waals surface area contributed by atoms with Crippen LogP contribution in [0.5, 0.6) is 0 Å². The minimum Gasteiger partial charge on any atom is -0.356 e. The Labute approximate surface area is 118 Å². The van der Waals surface area contributed by atoms with E-state index in [1.54, 1.807) is 0 Å². The maximum Gasteiger partial charge on any atom is 0.222 e. The molecule has 1 saturated carbocycles.